The van der Waals surface area contributed by atoms with Crippen LogP contribution >= 0.6 is 0 Å². The molecule has 6 heteroatoms. The van der Waals surface area contributed by atoms with E-state index >= 15 is 0 Å². The number of carbonyl (C=O) groups is 2. The van der Waals surface area contributed by atoms with Gasteiger partial charge >= 0.3 is 0 Å². The molecule has 0 fully saturated rings. The molecule has 1 aromatic rings. The molecule has 0 heterocycles. The van der Waals surface area contributed by atoms with Gasteiger partial charge < -0.3 is 16.4 Å². The van der Waals surface area contributed by atoms with E-state index in [1.165, 1.54) is 12.1 Å². The number of benzene rings is 1. The molecule has 1 aromatic carbocycles. The summed E-state index contributed by atoms with van der Waals surface area (Å²) in [7, 11) is 0. The molecule has 0 aliphatic carbocycles. The third-order valence-corrected chi connectivity index (χ3v) is 2.58. The lowest BCUT2D eigenvalue weighted by Gasteiger charge is -2.09. The minimum absolute atomic E-state index is 0.118. The summed E-state index contributed by atoms with van der Waals surface area (Å²) in [5.41, 5.74) is 5.69. The molecule has 0 saturated carbocycles. The number of rotatable bonds is 6. The summed E-state index contributed by atoms with van der Waals surface area (Å²) in [6.45, 7) is 4.73. The van der Waals surface area contributed by atoms with E-state index in [1.54, 1.807) is 0 Å². The molecule has 0 unspecified atom stereocenters. The van der Waals surface area contributed by atoms with Crippen LogP contribution in [0.15, 0.2) is 18.2 Å². The first-order valence-corrected chi connectivity index (χ1v) is 6.50. The second-order valence-electron chi connectivity index (χ2n) is 4.94. The van der Waals surface area contributed by atoms with Crippen molar-refractivity contribution >= 4 is 17.5 Å². The van der Waals surface area contributed by atoms with Gasteiger partial charge in [0.25, 0.3) is 5.91 Å². The first-order chi connectivity index (χ1) is 9.40. The van der Waals surface area contributed by atoms with Crippen LogP contribution in [0.1, 0.15) is 30.6 Å². The van der Waals surface area contributed by atoms with Crippen molar-refractivity contribution in [1.29, 1.82) is 0 Å². The van der Waals surface area contributed by atoms with E-state index in [1.807, 2.05) is 13.8 Å². The van der Waals surface area contributed by atoms with Crippen molar-refractivity contribution in [3.8, 4) is 0 Å². The first-order valence-electron chi connectivity index (χ1n) is 6.50. The van der Waals surface area contributed by atoms with Crippen LogP contribution in [-0.2, 0) is 4.79 Å². The van der Waals surface area contributed by atoms with E-state index in [-0.39, 0.29) is 24.4 Å². The highest BCUT2D eigenvalue weighted by atomic mass is 19.1. The number of hydrogen-bond donors (Lipinski definition) is 3. The van der Waals surface area contributed by atoms with E-state index in [0.717, 1.165) is 6.07 Å². The Balaban J connectivity index is 2.40. The van der Waals surface area contributed by atoms with Crippen molar-refractivity contribution in [2.24, 2.45) is 5.92 Å². The number of nitrogens with two attached hydrogens (primary N) is 1. The van der Waals surface area contributed by atoms with Gasteiger partial charge in [-0.2, -0.15) is 0 Å². The summed E-state index contributed by atoms with van der Waals surface area (Å²) in [6, 6.07) is 3.79. The number of halogens is 1. The number of nitrogens with one attached hydrogen (secondary N) is 2. The van der Waals surface area contributed by atoms with Gasteiger partial charge in [-0.25, -0.2) is 4.39 Å². The summed E-state index contributed by atoms with van der Waals surface area (Å²) in [5, 5.41) is 5.22. The smallest absolute Gasteiger partial charge is 0.254 e. The maximum atomic E-state index is 13.4. The average Bonchev–Trinajstić information content (AvgIpc) is 2.39. The van der Waals surface area contributed by atoms with Crippen LogP contribution in [0.3, 0.4) is 0 Å². The van der Waals surface area contributed by atoms with Crippen molar-refractivity contribution in [2.75, 3.05) is 18.8 Å². The molecule has 5 nitrogen and oxygen atoms in total. The minimum Gasteiger partial charge on any atom is -0.399 e. The number of carbonyl (C=O) groups excluding carboxylic acids is 2. The maximum Gasteiger partial charge on any atom is 0.254 e. The summed E-state index contributed by atoms with van der Waals surface area (Å²) in [5.74, 6) is -0.991. The Morgan fingerprint density at radius 1 is 1.30 bits per heavy atom. The molecule has 4 N–H and O–H groups in total. The van der Waals surface area contributed by atoms with Crippen LogP contribution in [0.2, 0.25) is 0 Å². The van der Waals surface area contributed by atoms with Crippen LogP contribution in [0.4, 0.5) is 10.1 Å². The second kappa shape index (κ2) is 7.47. The van der Waals surface area contributed by atoms with Crippen LogP contribution in [0, 0.1) is 11.7 Å². The van der Waals surface area contributed by atoms with Gasteiger partial charge in [-0.15, -0.1) is 0 Å². The minimum atomic E-state index is -0.638. The number of amides is 2. The van der Waals surface area contributed by atoms with Gasteiger partial charge in [0.2, 0.25) is 5.91 Å². The molecular formula is C14H20FN3O2. The number of hydrogen-bond acceptors (Lipinski definition) is 3. The zero-order chi connectivity index (χ0) is 15.1. The van der Waals surface area contributed by atoms with Crippen molar-refractivity contribution in [1.82, 2.24) is 10.6 Å². The fraction of sp³-hybridized carbons (Fsp3) is 0.429. The lowest BCUT2D eigenvalue weighted by molar-refractivity contribution is -0.121. The van der Waals surface area contributed by atoms with E-state index < -0.39 is 11.7 Å². The highest BCUT2D eigenvalue weighted by Gasteiger charge is 2.12. The van der Waals surface area contributed by atoms with Crippen molar-refractivity contribution in [2.45, 2.75) is 20.3 Å². The molecule has 20 heavy (non-hydrogen) atoms. The summed E-state index contributed by atoms with van der Waals surface area (Å²) in [4.78, 5) is 23.2. The molecule has 0 aliphatic rings. The largest absolute Gasteiger partial charge is 0.399 e. The fourth-order valence-electron chi connectivity index (χ4n) is 1.51. The Kier molecular flexibility index (Phi) is 5.96. The summed E-state index contributed by atoms with van der Waals surface area (Å²) < 4.78 is 13.4. The van der Waals surface area contributed by atoms with E-state index in [0.29, 0.717) is 18.2 Å². The quantitative estimate of drug-likeness (QED) is 0.687. The Hall–Kier alpha value is -2.11. The zero-order valence-electron chi connectivity index (χ0n) is 11.7. The monoisotopic (exact) mass is 281 g/mol. The van der Waals surface area contributed by atoms with Crippen molar-refractivity contribution in [3.05, 3.63) is 29.6 Å². The summed E-state index contributed by atoms with van der Waals surface area (Å²) >= 11 is 0. The first kappa shape index (κ1) is 15.9. The number of nitrogen functional groups attached to an aromatic ring is 1. The molecule has 0 aromatic heterocycles. The topological polar surface area (TPSA) is 84.2 Å². The van der Waals surface area contributed by atoms with E-state index in [2.05, 4.69) is 10.6 Å². The molecule has 1 rings (SSSR count). The molecule has 0 aliphatic heterocycles. The fourth-order valence-corrected chi connectivity index (χ4v) is 1.51. The maximum absolute atomic E-state index is 13.4. The van der Waals surface area contributed by atoms with Crippen LogP contribution < -0.4 is 16.4 Å². The predicted octanol–water partition coefficient (Wildman–Crippen LogP) is 1.30. The normalized spacial score (nSPS) is 10.4. The van der Waals surface area contributed by atoms with Crippen LogP contribution in [-0.4, -0.2) is 24.9 Å². The third-order valence-electron chi connectivity index (χ3n) is 2.58. The molecule has 0 saturated heterocycles. The van der Waals surface area contributed by atoms with Crippen LogP contribution in [0.5, 0.6) is 0 Å². The predicted molar refractivity (Wildman–Crippen MR) is 75.6 cm³/mol. The lowest BCUT2D eigenvalue weighted by atomic mass is 10.1. The average molecular weight is 281 g/mol. The van der Waals surface area contributed by atoms with Gasteiger partial charge in [-0.05, 0) is 24.1 Å². The molecule has 0 bridgehead atoms. The Morgan fingerprint density at radius 2 is 2.00 bits per heavy atom. The molecular weight excluding hydrogens is 261 g/mol. The SMILES string of the molecule is CC(C)CNC(=O)CCNC(=O)c1cc(N)ccc1F. The Labute approximate surface area is 117 Å². The van der Waals surface area contributed by atoms with Gasteiger partial charge in [-0.1, -0.05) is 13.8 Å². The highest BCUT2D eigenvalue weighted by molar-refractivity contribution is 5.95. The Bertz CT molecular complexity index is 489. The van der Waals surface area contributed by atoms with Gasteiger partial charge in [0, 0.05) is 25.2 Å². The van der Waals surface area contributed by atoms with Gasteiger partial charge in [-0.3, -0.25) is 9.59 Å². The lowest BCUT2D eigenvalue weighted by Crippen LogP contribution is -2.32. The van der Waals surface area contributed by atoms with E-state index in [4.69, 9.17) is 5.73 Å². The van der Waals surface area contributed by atoms with Crippen molar-refractivity contribution < 1.29 is 14.0 Å². The molecule has 0 radical (unpaired) electrons. The molecule has 2 amide bonds. The Morgan fingerprint density at radius 3 is 2.65 bits per heavy atom. The van der Waals surface area contributed by atoms with Gasteiger partial charge in [0.1, 0.15) is 5.82 Å². The highest BCUT2D eigenvalue weighted by Crippen LogP contribution is 2.11. The third kappa shape index (κ3) is 5.26. The number of anilines is 1. The van der Waals surface area contributed by atoms with Gasteiger partial charge in [0.05, 0.1) is 5.56 Å². The van der Waals surface area contributed by atoms with Crippen LogP contribution in [0.25, 0.3) is 0 Å². The summed E-state index contributed by atoms with van der Waals surface area (Å²) in [6.07, 6.45) is 0.155. The van der Waals surface area contributed by atoms with Gasteiger partial charge in [0.15, 0.2) is 0 Å². The molecule has 0 spiro atoms. The molecule has 0 atom stereocenters. The van der Waals surface area contributed by atoms with E-state index in [9.17, 15) is 14.0 Å². The standard InChI is InChI=1S/C14H20FN3O2/c1-9(2)8-18-13(19)5-6-17-14(20)11-7-10(16)3-4-12(11)15/h3-4,7,9H,5-6,8,16H2,1-2H3,(H,17,20)(H,18,19). The molecule has 110 valence electrons. The second-order valence-corrected chi connectivity index (χ2v) is 4.94. The van der Waals surface area contributed by atoms with Crippen molar-refractivity contribution in [3.63, 3.8) is 0 Å². The zero-order valence-corrected chi connectivity index (χ0v) is 11.7.